The number of rotatable bonds is 8. The second kappa shape index (κ2) is 11.4. The number of hydrogen-bond acceptors (Lipinski definition) is 8. The summed E-state index contributed by atoms with van der Waals surface area (Å²) >= 11 is 0. The molecule has 2 aromatic rings. The molecule has 3 heterocycles. The number of pyridine rings is 1. The van der Waals surface area contributed by atoms with Gasteiger partial charge in [-0.15, -0.1) is 0 Å². The third-order valence-electron chi connectivity index (χ3n) is 6.31. The van der Waals surface area contributed by atoms with Crippen molar-refractivity contribution in [2.24, 2.45) is 5.92 Å². The third-order valence-corrected chi connectivity index (χ3v) is 8.09. The van der Waals surface area contributed by atoms with Crippen molar-refractivity contribution in [3.8, 4) is 11.5 Å². The number of ether oxygens (including phenoxy) is 2. The highest BCUT2D eigenvalue weighted by atomic mass is 32.2. The lowest BCUT2D eigenvalue weighted by atomic mass is 10.0. The fraction of sp³-hybridized carbons (Fsp3) is 0.480. The SMILES string of the molecule is CC(C)CC(NC(=O)c1ccc2c(c1)OCO2)C(=O)NC1CCCN(S(=O)(=O)c2ccccn2)C[C@@H]1O. The molecule has 3 N–H and O–H groups in total. The van der Waals surface area contributed by atoms with E-state index >= 15 is 0 Å². The molecule has 11 nitrogen and oxygen atoms in total. The van der Waals surface area contributed by atoms with E-state index < -0.39 is 40.0 Å². The van der Waals surface area contributed by atoms with Crippen LogP contribution in [-0.4, -0.2) is 72.7 Å². The minimum atomic E-state index is -3.88. The van der Waals surface area contributed by atoms with Crippen LogP contribution in [0.15, 0.2) is 47.6 Å². The molecule has 4 rings (SSSR count). The van der Waals surface area contributed by atoms with Crippen LogP contribution in [0.5, 0.6) is 11.5 Å². The molecule has 1 saturated heterocycles. The first-order valence-electron chi connectivity index (χ1n) is 12.3. The number of benzene rings is 1. The molecule has 37 heavy (non-hydrogen) atoms. The van der Waals surface area contributed by atoms with E-state index in [1.165, 1.54) is 16.6 Å². The number of carbonyl (C=O) groups is 2. The number of sulfonamides is 1. The van der Waals surface area contributed by atoms with Crippen molar-refractivity contribution >= 4 is 21.8 Å². The smallest absolute Gasteiger partial charge is 0.260 e. The van der Waals surface area contributed by atoms with E-state index in [0.29, 0.717) is 36.3 Å². The van der Waals surface area contributed by atoms with Crippen molar-refractivity contribution in [1.29, 1.82) is 0 Å². The number of nitrogens with zero attached hydrogens (tertiary/aromatic N) is 2. The van der Waals surface area contributed by atoms with E-state index in [4.69, 9.17) is 9.47 Å². The van der Waals surface area contributed by atoms with Gasteiger partial charge in [0.1, 0.15) is 6.04 Å². The summed E-state index contributed by atoms with van der Waals surface area (Å²) in [7, 11) is -3.88. The van der Waals surface area contributed by atoms with Gasteiger partial charge in [-0.25, -0.2) is 13.4 Å². The first-order chi connectivity index (χ1) is 17.6. The van der Waals surface area contributed by atoms with Gasteiger partial charge in [0.15, 0.2) is 16.5 Å². The Morgan fingerprint density at radius 1 is 1.19 bits per heavy atom. The lowest BCUT2D eigenvalue weighted by Crippen LogP contribution is -2.54. The van der Waals surface area contributed by atoms with Crippen molar-refractivity contribution in [2.75, 3.05) is 19.9 Å². The molecule has 2 unspecified atom stereocenters. The first kappa shape index (κ1) is 26.8. The summed E-state index contributed by atoms with van der Waals surface area (Å²) in [4.78, 5) is 30.1. The number of aliphatic hydroxyl groups is 1. The number of carbonyl (C=O) groups excluding carboxylic acids is 2. The highest BCUT2D eigenvalue weighted by Gasteiger charge is 2.35. The van der Waals surface area contributed by atoms with E-state index in [9.17, 15) is 23.1 Å². The summed E-state index contributed by atoms with van der Waals surface area (Å²) in [5.74, 6) is 0.241. The van der Waals surface area contributed by atoms with Gasteiger partial charge in [-0.2, -0.15) is 4.31 Å². The van der Waals surface area contributed by atoms with Gasteiger partial charge >= 0.3 is 0 Å². The molecule has 1 aromatic heterocycles. The number of nitrogens with one attached hydrogen (secondary N) is 2. The number of β-amino-alcohol motifs (C(OH)–C–C–N with tert-alkyl or cyclic N) is 1. The Hall–Kier alpha value is -3.22. The molecule has 2 aliphatic rings. The predicted molar refractivity (Wildman–Crippen MR) is 133 cm³/mol. The summed E-state index contributed by atoms with van der Waals surface area (Å²) in [6.45, 7) is 3.98. The van der Waals surface area contributed by atoms with Gasteiger partial charge in [-0.1, -0.05) is 19.9 Å². The lowest BCUT2D eigenvalue weighted by Gasteiger charge is -2.27. The molecule has 1 fully saturated rings. The summed E-state index contributed by atoms with van der Waals surface area (Å²) < 4.78 is 37.7. The number of amides is 2. The Balaban J connectivity index is 1.42. The zero-order chi connectivity index (χ0) is 26.6. The summed E-state index contributed by atoms with van der Waals surface area (Å²) in [5.41, 5.74) is 0.329. The molecule has 0 saturated carbocycles. The van der Waals surface area contributed by atoms with Crippen LogP contribution in [0.4, 0.5) is 0 Å². The Labute approximate surface area is 216 Å². The molecular weight excluding hydrogens is 500 g/mol. The molecule has 3 atom stereocenters. The zero-order valence-electron chi connectivity index (χ0n) is 20.8. The maximum atomic E-state index is 13.2. The predicted octanol–water partition coefficient (Wildman–Crippen LogP) is 1.29. The largest absolute Gasteiger partial charge is 0.454 e. The monoisotopic (exact) mass is 532 g/mol. The van der Waals surface area contributed by atoms with Crippen LogP contribution in [0.2, 0.25) is 0 Å². The van der Waals surface area contributed by atoms with E-state index in [0.717, 1.165) is 0 Å². The average Bonchev–Trinajstić information content (AvgIpc) is 3.27. The van der Waals surface area contributed by atoms with Crippen LogP contribution in [0.25, 0.3) is 0 Å². The zero-order valence-corrected chi connectivity index (χ0v) is 21.6. The fourth-order valence-corrected chi connectivity index (χ4v) is 5.82. The summed E-state index contributed by atoms with van der Waals surface area (Å²) in [5, 5.41) is 16.4. The van der Waals surface area contributed by atoms with Gasteiger partial charge in [0.2, 0.25) is 12.7 Å². The average molecular weight is 533 g/mol. The molecule has 0 radical (unpaired) electrons. The Bertz CT molecular complexity index is 1220. The van der Waals surface area contributed by atoms with Crippen molar-refractivity contribution in [1.82, 2.24) is 19.9 Å². The molecule has 1 aromatic carbocycles. The molecular formula is C25H32N4O7S. The van der Waals surface area contributed by atoms with Crippen molar-refractivity contribution in [3.63, 3.8) is 0 Å². The van der Waals surface area contributed by atoms with Gasteiger partial charge < -0.3 is 25.2 Å². The quantitative estimate of drug-likeness (QED) is 0.461. The highest BCUT2D eigenvalue weighted by Crippen LogP contribution is 2.32. The van der Waals surface area contributed by atoms with Crippen LogP contribution in [0, 0.1) is 5.92 Å². The second-order valence-electron chi connectivity index (χ2n) is 9.58. The standard InChI is InChI=1S/C25H32N4O7S/c1-16(2)12-19(28-24(31)17-8-9-21-22(13-17)36-15-35-21)25(32)27-18-6-5-11-29(14-20(18)30)37(33,34)23-7-3-4-10-26-23/h3-4,7-10,13,16,18-20,30H,5-6,11-12,14-15H2,1-2H3,(H,27,32)(H,28,31)/t18?,19?,20-/m0/s1. The van der Waals surface area contributed by atoms with Crippen molar-refractivity contribution < 1.29 is 32.6 Å². The second-order valence-corrected chi connectivity index (χ2v) is 11.5. The van der Waals surface area contributed by atoms with Gasteiger partial charge in [-0.05, 0) is 55.5 Å². The van der Waals surface area contributed by atoms with Gasteiger partial charge in [0, 0.05) is 24.8 Å². The van der Waals surface area contributed by atoms with Crippen LogP contribution in [-0.2, 0) is 14.8 Å². The van der Waals surface area contributed by atoms with E-state index in [2.05, 4.69) is 15.6 Å². The molecule has 2 amide bonds. The Morgan fingerprint density at radius 3 is 2.70 bits per heavy atom. The number of aliphatic hydroxyl groups excluding tert-OH is 1. The fourth-order valence-electron chi connectivity index (χ4n) is 4.39. The van der Waals surface area contributed by atoms with Gasteiger partial charge in [0.05, 0.1) is 12.1 Å². The van der Waals surface area contributed by atoms with Crippen molar-refractivity contribution in [3.05, 3.63) is 48.2 Å². The highest BCUT2D eigenvalue weighted by molar-refractivity contribution is 7.89. The molecule has 0 spiro atoms. The summed E-state index contributed by atoms with van der Waals surface area (Å²) in [6, 6.07) is 7.90. The maximum absolute atomic E-state index is 13.2. The summed E-state index contributed by atoms with van der Waals surface area (Å²) in [6.07, 6.45) is 1.47. The van der Waals surface area contributed by atoms with E-state index in [-0.39, 0.29) is 30.8 Å². The molecule has 2 aliphatic heterocycles. The maximum Gasteiger partial charge on any atom is 0.260 e. The van der Waals surface area contributed by atoms with Crippen LogP contribution in [0.3, 0.4) is 0 Å². The van der Waals surface area contributed by atoms with E-state index in [1.54, 1.807) is 30.3 Å². The van der Waals surface area contributed by atoms with Crippen LogP contribution < -0.4 is 20.1 Å². The Kier molecular flexibility index (Phi) is 8.30. The number of aromatic nitrogens is 1. The molecule has 200 valence electrons. The number of hydrogen-bond donors (Lipinski definition) is 3. The van der Waals surface area contributed by atoms with Gasteiger partial charge in [0.25, 0.3) is 15.9 Å². The Morgan fingerprint density at radius 2 is 1.97 bits per heavy atom. The normalized spacial score (nSPS) is 20.8. The lowest BCUT2D eigenvalue weighted by molar-refractivity contribution is -0.125. The van der Waals surface area contributed by atoms with Crippen LogP contribution >= 0.6 is 0 Å². The molecule has 0 bridgehead atoms. The minimum absolute atomic E-state index is 0.0864. The number of fused-ring (bicyclic) bond motifs is 1. The first-order valence-corrected chi connectivity index (χ1v) is 13.7. The van der Waals surface area contributed by atoms with Gasteiger partial charge in [-0.3, -0.25) is 9.59 Å². The minimum Gasteiger partial charge on any atom is -0.454 e. The van der Waals surface area contributed by atoms with Crippen molar-refractivity contribution in [2.45, 2.75) is 56.3 Å². The third kappa shape index (κ3) is 6.38. The van der Waals surface area contributed by atoms with E-state index in [1.807, 2.05) is 13.8 Å². The molecule has 0 aliphatic carbocycles. The van der Waals surface area contributed by atoms with Crippen LogP contribution in [0.1, 0.15) is 43.5 Å². The molecule has 12 heteroatoms. The topological polar surface area (TPSA) is 147 Å².